The summed E-state index contributed by atoms with van der Waals surface area (Å²) in [5.74, 6) is 0. The minimum absolute atomic E-state index is 0.878. The van der Waals surface area contributed by atoms with Crippen LogP contribution in [0.3, 0.4) is 0 Å². The van der Waals surface area contributed by atoms with Gasteiger partial charge in [-0.05, 0) is 12.6 Å². The molecule has 0 saturated heterocycles. The van der Waals surface area contributed by atoms with Gasteiger partial charge in [-0.25, -0.2) is 0 Å². The van der Waals surface area contributed by atoms with Crippen LogP contribution in [0.5, 0.6) is 0 Å². The molecule has 0 unspecified atom stereocenters. The summed E-state index contributed by atoms with van der Waals surface area (Å²) in [6.07, 6.45) is 0. The Morgan fingerprint density at radius 1 is 1.36 bits per heavy atom. The molecule has 0 bridgehead atoms. The molecule has 0 aliphatic carbocycles. The third-order valence-electron chi connectivity index (χ3n) is 2.24. The van der Waals surface area contributed by atoms with Crippen LogP contribution in [0, 0.1) is 0 Å². The Morgan fingerprint density at radius 3 is 2.57 bits per heavy atom. The van der Waals surface area contributed by atoms with Gasteiger partial charge in [-0.15, -0.1) is 0 Å². The standard InChI is InChI=1S/C12H18N2/c1-10(14(3)4)12-8-6-5-7-11(12)9-13-2/h5-8,13H,1,9H2,2-4H3. The van der Waals surface area contributed by atoms with E-state index >= 15 is 0 Å². The predicted octanol–water partition coefficient (Wildman–Crippen LogP) is 1.94. The molecule has 0 aliphatic heterocycles. The summed E-state index contributed by atoms with van der Waals surface area (Å²) < 4.78 is 0. The van der Waals surface area contributed by atoms with E-state index in [2.05, 4.69) is 30.1 Å². The molecule has 2 nitrogen and oxygen atoms in total. The summed E-state index contributed by atoms with van der Waals surface area (Å²) >= 11 is 0. The Morgan fingerprint density at radius 2 is 2.00 bits per heavy atom. The highest BCUT2D eigenvalue weighted by molar-refractivity contribution is 5.64. The Balaban J connectivity index is 3.00. The zero-order valence-corrected chi connectivity index (χ0v) is 9.17. The van der Waals surface area contributed by atoms with Gasteiger partial charge in [0.05, 0.1) is 0 Å². The van der Waals surface area contributed by atoms with Crippen LogP contribution in [0.4, 0.5) is 0 Å². The van der Waals surface area contributed by atoms with Gasteiger partial charge in [0.2, 0.25) is 0 Å². The highest BCUT2D eigenvalue weighted by atomic mass is 15.1. The van der Waals surface area contributed by atoms with Crippen molar-refractivity contribution in [2.75, 3.05) is 21.1 Å². The molecular weight excluding hydrogens is 172 g/mol. The van der Waals surface area contributed by atoms with E-state index in [0.29, 0.717) is 0 Å². The van der Waals surface area contributed by atoms with Crippen LogP contribution in [-0.2, 0) is 6.54 Å². The molecule has 0 spiro atoms. The van der Waals surface area contributed by atoms with Gasteiger partial charge in [0, 0.05) is 31.9 Å². The van der Waals surface area contributed by atoms with Crippen molar-refractivity contribution in [3.63, 3.8) is 0 Å². The van der Waals surface area contributed by atoms with Crippen LogP contribution in [-0.4, -0.2) is 26.0 Å². The second-order valence-corrected chi connectivity index (χ2v) is 3.53. The summed E-state index contributed by atoms with van der Waals surface area (Å²) in [5, 5.41) is 3.16. The van der Waals surface area contributed by atoms with Crippen molar-refractivity contribution in [1.82, 2.24) is 10.2 Å². The first-order valence-corrected chi connectivity index (χ1v) is 4.76. The Hall–Kier alpha value is -1.28. The third-order valence-corrected chi connectivity index (χ3v) is 2.24. The lowest BCUT2D eigenvalue weighted by Crippen LogP contribution is -2.13. The van der Waals surface area contributed by atoms with Crippen LogP contribution in [0.25, 0.3) is 5.70 Å². The minimum Gasteiger partial charge on any atom is -0.378 e. The number of nitrogens with one attached hydrogen (secondary N) is 1. The highest BCUT2D eigenvalue weighted by Crippen LogP contribution is 2.18. The molecule has 0 atom stereocenters. The van der Waals surface area contributed by atoms with Crippen molar-refractivity contribution in [2.45, 2.75) is 6.54 Å². The largest absolute Gasteiger partial charge is 0.378 e. The quantitative estimate of drug-likeness (QED) is 0.780. The van der Waals surface area contributed by atoms with E-state index in [1.54, 1.807) is 0 Å². The summed E-state index contributed by atoms with van der Waals surface area (Å²) in [6, 6.07) is 8.33. The zero-order valence-electron chi connectivity index (χ0n) is 9.17. The molecule has 0 aliphatic rings. The molecule has 1 N–H and O–H groups in total. The fourth-order valence-corrected chi connectivity index (χ4v) is 1.39. The van der Waals surface area contributed by atoms with Gasteiger partial charge in [0.15, 0.2) is 0 Å². The van der Waals surface area contributed by atoms with Crippen LogP contribution >= 0.6 is 0 Å². The van der Waals surface area contributed by atoms with Gasteiger partial charge in [0.1, 0.15) is 0 Å². The summed E-state index contributed by atoms with van der Waals surface area (Å²) in [6.45, 7) is 4.94. The van der Waals surface area contributed by atoms with Crippen molar-refractivity contribution in [1.29, 1.82) is 0 Å². The van der Waals surface area contributed by atoms with Gasteiger partial charge in [-0.2, -0.15) is 0 Å². The molecule has 0 heterocycles. The number of rotatable bonds is 4. The Bertz CT molecular complexity index is 316. The highest BCUT2D eigenvalue weighted by Gasteiger charge is 2.05. The first-order chi connectivity index (χ1) is 6.66. The summed E-state index contributed by atoms with van der Waals surface area (Å²) in [7, 11) is 5.98. The lowest BCUT2D eigenvalue weighted by molar-refractivity contribution is 0.592. The molecule has 14 heavy (non-hydrogen) atoms. The maximum Gasteiger partial charge on any atom is 0.0364 e. The van der Waals surface area contributed by atoms with Gasteiger partial charge in [-0.1, -0.05) is 30.8 Å². The lowest BCUT2D eigenvalue weighted by Gasteiger charge is -2.18. The van der Waals surface area contributed by atoms with Crippen molar-refractivity contribution >= 4 is 5.70 Å². The van der Waals surface area contributed by atoms with Crippen LogP contribution in [0.2, 0.25) is 0 Å². The Labute approximate surface area is 86.2 Å². The molecule has 0 fully saturated rings. The average Bonchev–Trinajstić information content (AvgIpc) is 2.18. The molecule has 2 heteroatoms. The van der Waals surface area contributed by atoms with Crippen molar-refractivity contribution in [3.05, 3.63) is 42.0 Å². The van der Waals surface area contributed by atoms with E-state index in [4.69, 9.17) is 0 Å². The number of hydrogen-bond acceptors (Lipinski definition) is 2. The normalized spacial score (nSPS) is 9.93. The van der Waals surface area contributed by atoms with Crippen LogP contribution < -0.4 is 5.32 Å². The molecule has 0 saturated carbocycles. The molecule has 0 aromatic heterocycles. The summed E-state index contributed by atoms with van der Waals surface area (Å²) in [5.41, 5.74) is 3.55. The maximum absolute atomic E-state index is 4.07. The third kappa shape index (κ3) is 2.36. The summed E-state index contributed by atoms with van der Waals surface area (Å²) in [4.78, 5) is 2.04. The van der Waals surface area contributed by atoms with E-state index in [0.717, 1.165) is 12.2 Å². The van der Waals surface area contributed by atoms with E-state index in [1.807, 2.05) is 32.1 Å². The second kappa shape index (κ2) is 4.82. The fourth-order valence-electron chi connectivity index (χ4n) is 1.39. The van der Waals surface area contributed by atoms with Crippen LogP contribution in [0.15, 0.2) is 30.8 Å². The molecule has 0 amide bonds. The van der Waals surface area contributed by atoms with Crippen molar-refractivity contribution < 1.29 is 0 Å². The fraction of sp³-hybridized carbons (Fsp3) is 0.333. The van der Waals surface area contributed by atoms with E-state index in [1.165, 1.54) is 11.1 Å². The van der Waals surface area contributed by atoms with Crippen LogP contribution in [0.1, 0.15) is 11.1 Å². The molecule has 1 rings (SSSR count). The maximum atomic E-state index is 4.07. The Kier molecular flexibility index (Phi) is 3.72. The number of benzene rings is 1. The average molecular weight is 190 g/mol. The zero-order chi connectivity index (χ0) is 10.6. The minimum atomic E-state index is 0.878. The second-order valence-electron chi connectivity index (χ2n) is 3.53. The van der Waals surface area contributed by atoms with E-state index in [-0.39, 0.29) is 0 Å². The van der Waals surface area contributed by atoms with Gasteiger partial charge in [-0.3, -0.25) is 0 Å². The SMILES string of the molecule is C=C(c1ccccc1CNC)N(C)C. The molecule has 1 aromatic rings. The first kappa shape index (κ1) is 10.8. The topological polar surface area (TPSA) is 15.3 Å². The van der Waals surface area contributed by atoms with Gasteiger partial charge >= 0.3 is 0 Å². The number of nitrogens with zero attached hydrogens (tertiary/aromatic N) is 1. The van der Waals surface area contributed by atoms with Crippen molar-refractivity contribution in [2.24, 2.45) is 0 Å². The van der Waals surface area contributed by atoms with E-state index < -0.39 is 0 Å². The first-order valence-electron chi connectivity index (χ1n) is 4.76. The smallest absolute Gasteiger partial charge is 0.0364 e. The molecular formula is C12H18N2. The molecule has 1 aromatic carbocycles. The molecule has 76 valence electrons. The van der Waals surface area contributed by atoms with E-state index in [9.17, 15) is 0 Å². The van der Waals surface area contributed by atoms with Gasteiger partial charge < -0.3 is 10.2 Å². The van der Waals surface area contributed by atoms with Gasteiger partial charge in [0.25, 0.3) is 0 Å². The molecule has 0 radical (unpaired) electrons. The van der Waals surface area contributed by atoms with Crippen molar-refractivity contribution in [3.8, 4) is 0 Å². The monoisotopic (exact) mass is 190 g/mol. The lowest BCUT2D eigenvalue weighted by atomic mass is 10.0. The number of hydrogen-bond donors (Lipinski definition) is 1. The predicted molar refractivity (Wildman–Crippen MR) is 61.9 cm³/mol.